The molecule has 0 radical (unpaired) electrons. The molecule has 0 unspecified atom stereocenters. The summed E-state index contributed by atoms with van der Waals surface area (Å²) in [6.45, 7) is 1.31. The number of benzene rings is 6. The lowest BCUT2D eigenvalue weighted by atomic mass is 9.79. The number of aliphatic hydroxyl groups excluding tert-OH is 1. The topological polar surface area (TPSA) is 74.2 Å². The van der Waals surface area contributed by atoms with Crippen LogP contribution in [0.15, 0.2) is 182 Å². The fourth-order valence-electron chi connectivity index (χ4n) is 7.20. The molecule has 0 amide bonds. The monoisotopic (exact) mass is 676 g/mol. The minimum Gasteiger partial charge on any atom is -0.457 e. The Hall–Kier alpha value is -5.37. The van der Waals surface area contributed by atoms with Gasteiger partial charge in [-0.15, -0.1) is 0 Å². The van der Waals surface area contributed by atoms with E-state index in [2.05, 4.69) is 0 Å². The average Bonchev–Trinajstić information content (AvgIpc) is 3.48. The highest BCUT2D eigenvalue weighted by atomic mass is 16.7. The van der Waals surface area contributed by atoms with Crippen LogP contribution in [-0.2, 0) is 34.9 Å². The number of hydrogen-bond acceptors (Lipinski definition) is 6. The predicted molar refractivity (Wildman–Crippen MR) is 196 cm³/mol. The Morgan fingerprint density at radius 3 is 1.16 bits per heavy atom. The molecule has 1 saturated heterocycles. The smallest absolute Gasteiger partial charge is 0.303 e. The lowest BCUT2D eigenvalue weighted by Gasteiger charge is -2.40. The van der Waals surface area contributed by atoms with Crippen molar-refractivity contribution in [1.82, 2.24) is 0 Å². The first kappa shape index (κ1) is 34.1. The van der Waals surface area contributed by atoms with Crippen molar-refractivity contribution in [3.8, 4) is 0 Å². The van der Waals surface area contributed by atoms with Gasteiger partial charge in [0.15, 0.2) is 12.4 Å². The minimum atomic E-state index is -1.45. The fourth-order valence-corrected chi connectivity index (χ4v) is 7.20. The maximum atomic E-state index is 12.8. The Kier molecular flexibility index (Phi) is 10.2. The quantitative estimate of drug-likeness (QED) is 0.105. The van der Waals surface area contributed by atoms with Gasteiger partial charge in [-0.2, -0.15) is 0 Å². The van der Waals surface area contributed by atoms with Crippen LogP contribution in [0, 0.1) is 0 Å². The summed E-state index contributed by atoms with van der Waals surface area (Å²) in [6.07, 6.45) is -4.45. The predicted octanol–water partition coefficient (Wildman–Crippen LogP) is 8.02. The summed E-state index contributed by atoms with van der Waals surface area (Å²) in [5.74, 6) is -0.526. The molecular weight excluding hydrogens is 636 g/mol. The molecule has 1 N–H and O–H groups in total. The van der Waals surface area contributed by atoms with Gasteiger partial charge < -0.3 is 24.1 Å². The molecule has 0 bridgehead atoms. The zero-order valence-electron chi connectivity index (χ0n) is 28.3. The summed E-state index contributed by atoms with van der Waals surface area (Å²) in [5.41, 5.74) is 3.00. The van der Waals surface area contributed by atoms with Crippen LogP contribution in [0.3, 0.4) is 0 Å². The molecule has 6 heteroatoms. The lowest BCUT2D eigenvalue weighted by molar-refractivity contribution is -0.179. The van der Waals surface area contributed by atoms with E-state index in [0.717, 1.165) is 33.4 Å². The highest BCUT2D eigenvalue weighted by Gasteiger charge is 2.53. The van der Waals surface area contributed by atoms with Crippen LogP contribution in [0.1, 0.15) is 40.3 Å². The van der Waals surface area contributed by atoms with E-state index >= 15 is 0 Å². The first-order valence-electron chi connectivity index (χ1n) is 17.2. The molecule has 7 rings (SSSR count). The third kappa shape index (κ3) is 6.75. The van der Waals surface area contributed by atoms with Gasteiger partial charge in [-0.3, -0.25) is 4.79 Å². The number of carbonyl (C=O) groups is 1. The molecule has 6 aromatic carbocycles. The highest BCUT2D eigenvalue weighted by molar-refractivity contribution is 5.66. The molecule has 0 saturated carbocycles. The Balaban J connectivity index is 1.31. The largest absolute Gasteiger partial charge is 0.457 e. The third-order valence-electron chi connectivity index (χ3n) is 9.45. The third-order valence-corrected chi connectivity index (χ3v) is 9.45. The van der Waals surface area contributed by atoms with Gasteiger partial charge in [0, 0.05) is 6.92 Å². The van der Waals surface area contributed by atoms with Gasteiger partial charge in [0.2, 0.25) is 0 Å². The van der Waals surface area contributed by atoms with E-state index < -0.39 is 41.8 Å². The van der Waals surface area contributed by atoms with Gasteiger partial charge in [0.25, 0.3) is 0 Å². The van der Waals surface area contributed by atoms with Gasteiger partial charge in [-0.05, 0) is 33.4 Å². The molecular formula is C45H40O6. The van der Waals surface area contributed by atoms with Crippen LogP contribution in [0.4, 0.5) is 0 Å². The second-order valence-electron chi connectivity index (χ2n) is 12.6. The van der Waals surface area contributed by atoms with E-state index in [4.69, 9.17) is 18.9 Å². The van der Waals surface area contributed by atoms with E-state index in [-0.39, 0.29) is 6.61 Å². The van der Waals surface area contributed by atoms with E-state index in [1.807, 2.05) is 182 Å². The van der Waals surface area contributed by atoms with Gasteiger partial charge in [-0.25, -0.2) is 0 Å². The van der Waals surface area contributed by atoms with Crippen molar-refractivity contribution >= 4 is 5.97 Å². The number of esters is 1. The standard InChI is InChI=1S/C45H40O6/c1-33(46)49-41-40(32-48-44(34-20-8-2-9-21-34,35-22-10-3-11-23-35)36-24-12-4-13-25-36)50-43(47)42(41)51-45(37-26-14-5-15-27-37,38-28-16-6-17-29-38)39-30-18-7-19-31-39/h2-31,40-43,47H,32H2,1H3/t40-,41-,42+,43+/m0/s1. The van der Waals surface area contributed by atoms with Crippen molar-refractivity contribution in [1.29, 1.82) is 0 Å². The second-order valence-corrected chi connectivity index (χ2v) is 12.6. The Labute approximate surface area is 298 Å². The molecule has 6 nitrogen and oxygen atoms in total. The normalized spacial score (nSPS) is 19.0. The van der Waals surface area contributed by atoms with Crippen LogP contribution in [0.25, 0.3) is 0 Å². The van der Waals surface area contributed by atoms with Crippen LogP contribution in [0.5, 0.6) is 0 Å². The summed E-state index contributed by atoms with van der Waals surface area (Å²) < 4.78 is 26.6. The number of ether oxygens (including phenoxy) is 4. The summed E-state index contributed by atoms with van der Waals surface area (Å²) in [4.78, 5) is 12.8. The van der Waals surface area contributed by atoms with Crippen LogP contribution >= 0.6 is 0 Å². The van der Waals surface area contributed by atoms with Crippen molar-refractivity contribution in [2.75, 3.05) is 6.61 Å². The molecule has 6 aromatic rings. The van der Waals surface area contributed by atoms with Gasteiger partial charge in [0.1, 0.15) is 23.4 Å². The summed E-state index contributed by atoms with van der Waals surface area (Å²) in [5, 5.41) is 11.7. The first-order chi connectivity index (χ1) is 25.0. The molecule has 51 heavy (non-hydrogen) atoms. The summed E-state index contributed by atoms with van der Waals surface area (Å²) >= 11 is 0. The minimum absolute atomic E-state index is 0.0391. The fraction of sp³-hybridized carbons (Fsp3) is 0.178. The maximum Gasteiger partial charge on any atom is 0.303 e. The molecule has 4 atom stereocenters. The SMILES string of the molecule is CC(=O)O[C@@H]1[C@@H](OC(c2ccccc2)(c2ccccc2)c2ccccc2)[C@H](O)O[C@H]1COC(c1ccccc1)(c1ccccc1)c1ccccc1. The molecule has 256 valence electrons. The molecule has 1 aliphatic rings. The molecule has 1 heterocycles. The van der Waals surface area contributed by atoms with Crippen LogP contribution in [-0.4, -0.2) is 42.3 Å². The Bertz CT molecular complexity index is 1780. The number of hydrogen-bond donors (Lipinski definition) is 1. The number of carbonyl (C=O) groups excluding carboxylic acids is 1. The van der Waals surface area contributed by atoms with Crippen molar-refractivity contribution in [3.05, 3.63) is 215 Å². The summed E-state index contributed by atoms with van der Waals surface area (Å²) in [7, 11) is 0. The van der Waals surface area contributed by atoms with E-state index in [9.17, 15) is 9.90 Å². The van der Waals surface area contributed by atoms with Crippen LogP contribution < -0.4 is 0 Å². The molecule has 0 spiro atoms. The lowest BCUT2D eigenvalue weighted by Crippen LogP contribution is -2.47. The highest BCUT2D eigenvalue weighted by Crippen LogP contribution is 2.45. The van der Waals surface area contributed by atoms with Crippen molar-refractivity contribution in [3.63, 3.8) is 0 Å². The van der Waals surface area contributed by atoms with E-state index in [1.54, 1.807) is 0 Å². The van der Waals surface area contributed by atoms with Gasteiger partial charge in [0.05, 0.1) is 6.61 Å². The Morgan fingerprint density at radius 1 is 0.529 bits per heavy atom. The number of aliphatic hydroxyl groups is 1. The van der Waals surface area contributed by atoms with Crippen molar-refractivity contribution < 1.29 is 28.8 Å². The zero-order chi connectivity index (χ0) is 35.1. The summed E-state index contributed by atoms with van der Waals surface area (Å²) in [6, 6.07) is 59.6. The van der Waals surface area contributed by atoms with E-state index in [1.165, 1.54) is 6.92 Å². The molecule has 0 aliphatic carbocycles. The average molecular weight is 677 g/mol. The first-order valence-corrected chi connectivity index (χ1v) is 17.2. The van der Waals surface area contributed by atoms with E-state index in [0.29, 0.717) is 0 Å². The van der Waals surface area contributed by atoms with Gasteiger partial charge in [-0.1, -0.05) is 182 Å². The molecule has 0 aromatic heterocycles. The molecule has 1 aliphatic heterocycles. The zero-order valence-corrected chi connectivity index (χ0v) is 28.3. The second kappa shape index (κ2) is 15.3. The number of rotatable bonds is 12. The maximum absolute atomic E-state index is 12.8. The van der Waals surface area contributed by atoms with Gasteiger partial charge >= 0.3 is 5.97 Å². The van der Waals surface area contributed by atoms with Crippen molar-refractivity contribution in [2.24, 2.45) is 0 Å². The van der Waals surface area contributed by atoms with Crippen LogP contribution in [0.2, 0.25) is 0 Å². The van der Waals surface area contributed by atoms with Crippen molar-refractivity contribution in [2.45, 2.75) is 42.7 Å². The Morgan fingerprint density at radius 2 is 0.843 bits per heavy atom. The molecule has 1 fully saturated rings.